The lowest BCUT2D eigenvalue weighted by atomic mass is 9.81. The number of rotatable bonds is 3. The Balaban J connectivity index is 2.12. The third kappa shape index (κ3) is 4.47. The molecule has 1 aromatic rings. The van der Waals surface area contributed by atoms with Gasteiger partial charge in [0.2, 0.25) is 0 Å². The quantitative estimate of drug-likeness (QED) is 0.868. The van der Waals surface area contributed by atoms with Gasteiger partial charge in [0.25, 0.3) is 0 Å². The van der Waals surface area contributed by atoms with E-state index < -0.39 is 11.5 Å². The van der Waals surface area contributed by atoms with Crippen molar-refractivity contribution in [1.82, 2.24) is 4.90 Å². The van der Waals surface area contributed by atoms with E-state index in [1.54, 1.807) is 29.2 Å². The van der Waals surface area contributed by atoms with E-state index in [-0.39, 0.29) is 17.8 Å². The molecule has 5 nitrogen and oxygen atoms in total. The van der Waals surface area contributed by atoms with Gasteiger partial charge in [0.15, 0.2) is 0 Å². The van der Waals surface area contributed by atoms with Gasteiger partial charge in [0.1, 0.15) is 17.6 Å². The summed E-state index contributed by atoms with van der Waals surface area (Å²) in [4.78, 5) is 25.5. The first-order valence-corrected chi connectivity index (χ1v) is 8.03. The predicted molar refractivity (Wildman–Crippen MR) is 87.4 cm³/mol. The number of carbonyl (C=O) groups excluding carboxylic acids is 2. The molecule has 0 radical (unpaired) electrons. The molecule has 0 bridgehead atoms. The fraction of sp³-hybridized carbons (Fsp3) is 0.556. The zero-order valence-corrected chi connectivity index (χ0v) is 14.0. The average Bonchev–Trinajstić information content (AvgIpc) is 2.48. The maximum absolute atomic E-state index is 12.2. The number of aldehydes is 1. The Bertz CT molecular complexity index is 564. The molecule has 1 amide bonds. The third-order valence-corrected chi connectivity index (χ3v) is 4.06. The van der Waals surface area contributed by atoms with Crippen molar-refractivity contribution in [2.24, 2.45) is 5.92 Å². The van der Waals surface area contributed by atoms with E-state index in [4.69, 9.17) is 4.74 Å². The summed E-state index contributed by atoms with van der Waals surface area (Å²) < 4.78 is 5.42. The lowest BCUT2D eigenvalue weighted by molar-refractivity contribution is -0.110. The fourth-order valence-corrected chi connectivity index (χ4v) is 3.00. The Morgan fingerprint density at radius 1 is 1.39 bits per heavy atom. The number of para-hydroxylation sites is 1. The van der Waals surface area contributed by atoms with Crippen molar-refractivity contribution < 1.29 is 19.4 Å². The molecule has 1 saturated heterocycles. The largest absolute Gasteiger partial charge is 0.508 e. The summed E-state index contributed by atoms with van der Waals surface area (Å²) in [6.45, 7) is 6.61. The van der Waals surface area contributed by atoms with Gasteiger partial charge in [-0.05, 0) is 45.6 Å². The van der Waals surface area contributed by atoms with Crippen LogP contribution in [0.4, 0.5) is 4.79 Å². The standard InChI is InChI=1S/C18H25NO4/c1-18(2,3)23-17(22)19-10-6-7-13(11-19)15(12-20)14-8-4-5-9-16(14)21/h4-5,8-9,12-13,15,21H,6-7,10-11H2,1-3H3. The molecule has 0 aromatic heterocycles. The van der Waals surface area contributed by atoms with E-state index in [1.807, 2.05) is 20.8 Å². The highest BCUT2D eigenvalue weighted by Gasteiger charge is 2.33. The zero-order valence-electron chi connectivity index (χ0n) is 14.0. The van der Waals surface area contributed by atoms with Crippen molar-refractivity contribution in [1.29, 1.82) is 0 Å². The molecular formula is C18H25NO4. The van der Waals surface area contributed by atoms with Crippen LogP contribution in [0.2, 0.25) is 0 Å². The monoisotopic (exact) mass is 319 g/mol. The number of aromatic hydroxyl groups is 1. The maximum Gasteiger partial charge on any atom is 0.410 e. The molecule has 0 spiro atoms. The van der Waals surface area contributed by atoms with Crippen molar-refractivity contribution in [3.05, 3.63) is 29.8 Å². The number of likely N-dealkylation sites (tertiary alicyclic amines) is 1. The van der Waals surface area contributed by atoms with E-state index in [2.05, 4.69) is 0 Å². The maximum atomic E-state index is 12.2. The molecular weight excluding hydrogens is 294 g/mol. The first-order valence-electron chi connectivity index (χ1n) is 8.03. The van der Waals surface area contributed by atoms with Crippen LogP contribution in [0.1, 0.15) is 45.1 Å². The summed E-state index contributed by atoms with van der Waals surface area (Å²) in [5.41, 5.74) is 0.0877. The van der Waals surface area contributed by atoms with E-state index in [0.29, 0.717) is 18.7 Å². The minimum Gasteiger partial charge on any atom is -0.508 e. The van der Waals surface area contributed by atoms with Gasteiger partial charge in [0.05, 0.1) is 0 Å². The first-order chi connectivity index (χ1) is 10.8. The van der Waals surface area contributed by atoms with Crippen LogP contribution in [-0.4, -0.2) is 41.1 Å². The Morgan fingerprint density at radius 2 is 2.09 bits per heavy atom. The number of nitrogens with zero attached hydrogens (tertiary/aromatic N) is 1. The van der Waals surface area contributed by atoms with Crippen LogP contribution in [0, 0.1) is 5.92 Å². The van der Waals surface area contributed by atoms with Crippen LogP contribution in [0.3, 0.4) is 0 Å². The van der Waals surface area contributed by atoms with Crippen molar-refractivity contribution in [3.63, 3.8) is 0 Å². The Hall–Kier alpha value is -2.04. The molecule has 126 valence electrons. The van der Waals surface area contributed by atoms with Crippen LogP contribution in [0.25, 0.3) is 0 Å². The summed E-state index contributed by atoms with van der Waals surface area (Å²) in [6.07, 6.45) is 2.20. The second kappa shape index (κ2) is 7.02. The van der Waals surface area contributed by atoms with Crippen LogP contribution in [0.5, 0.6) is 5.75 Å². The molecule has 23 heavy (non-hydrogen) atoms. The minimum atomic E-state index is -0.536. The Kier molecular flexibility index (Phi) is 5.29. The molecule has 2 rings (SSSR count). The number of phenolic OH excluding ortho intramolecular Hbond substituents is 1. The van der Waals surface area contributed by atoms with Gasteiger partial charge in [-0.15, -0.1) is 0 Å². The second-order valence-electron chi connectivity index (χ2n) is 7.05. The molecule has 1 aromatic carbocycles. The fourth-order valence-electron chi connectivity index (χ4n) is 3.00. The minimum absolute atomic E-state index is 0.0120. The molecule has 0 aliphatic carbocycles. The van der Waals surface area contributed by atoms with Gasteiger partial charge in [-0.1, -0.05) is 18.2 Å². The average molecular weight is 319 g/mol. The molecule has 0 saturated carbocycles. The first kappa shape index (κ1) is 17.3. The lowest BCUT2D eigenvalue weighted by Crippen LogP contribution is -2.44. The third-order valence-electron chi connectivity index (χ3n) is 4.06. The summed E-state index contributed by atoms with van der Waals surface area (Å²) in [6, 6.07) is 6.88. The van der Waals surface area contributed by atoms with Gasteiger partial charge in [-0.2, -0.15) is 0 Å². The van der Waals surface area contributed by atoms with Crippen molar-refractivity contribution in [2.75, 3.05) is 13.1 Å². The zero-order chi connectivity index (χ0) is 17.0. The number of amides is 1. The second-order valence-corrected chi connectivity index (χ2v) is 7.05. The van der Waals surface area contributed by atoms with Gasteiger partial charge in [0, 0.05) is 24.6 Å². The number of benzene rings is 1. The van der Waals surface area contributed by atoms with Gasteiger partial charge in [-0.3, -0.25) is 0 Å². The number of phenols is 1. The molecule has 5 heteroatoms. The Morgan fingerprint density at radius 3 is 2.70 bits per heavy atom. The molecule has 1 aliphatic heterocycles. The highest BCUT2D eigenvalue weighted by Crippen LogP contribution is 2.34. The van der Waals surface area contributed by atoms with E-state index >= 15 is 0 Å². The topological polar surface area (TPSA) is 66.8 Å². The Labute approximate surface area is 137 Å². The lowest BCUT2D eigenvalue weighted by Gasteiger charge is -2.36. The number of piperidine rings is 1. The number of ether oxygens (including phenoxy) is 1. The van der Waals surface area contributed by atoms with Crippen molar-refractivity contribution in [2.45, 2.75) is 45.1 Å². The summed E-state index contributed by atoms with van der Waals surface area (Å²) in [5.74, 6) is -0.303. The molecule has 1 N–H and O–H groups in total. The summed E-state index contributed by atoms with van der Waals surface area (Å²) in [7, 11) is 0. The van der Waals surface area contributed by atoms with E-state index in [9.17, 15) is 14.7 Å². The van der Waals surface area contributed by atoms with E-state index in [1.165, 1.54) is 0 Å². The van der Waals surface area contributed by atoms with Crippen LogP contribution in [-0.2, 0) is 9.53 Å². The number of carbonyl (C=O) groups is 2. The van der Waals surface area contributed by atoms with Crippen LogP contribution in [0.15, 0.2) is 24.3 Å². The molecule has 2 unspecified atom stereocenters. The summed E-state index contributed by atoms with van der Waals surface area (Å²) in [5, 5.41) is 10.0. The highest BCUT2D eigenvalue weighted by molar-refractivity contribution is 5.69. The van der Waals surface area contributed by atoms with Crippen molar-refractivity contribution in [3.8, 4) is 5.75 Å². The molecule has 1 aliphatic rings. The van der Waals surface area contributed by atoms with Gasteiger partial charge < -0.3 is 19.5 Å². The van der Waals surface area contributed by atoms with Gasteiger partial charge >= 0.3 is 6.09 Å². The van der Waals surface area contributed by atoms with Crippen LogP contribution >= 0.6 is 0 Å². The summed E-state index contributed by atoms with van der Waals surface area (Å²) >= 11 is 0. The molecule has 1 fully saturated rings. The number of hydrogen-bond acceptors (Lipinski definition) is 4. The smallest absolute Gasteiger partial charge is 0.410 e. The predicted octanol–water partition coefficient (Wildman–Crippen LogP) is 3.32. The highest BCUT2D eigenvalue weighted by atomic mass is 16.6. The SMILES string of the molecule is CC(C)(C)OC(=O)N1CCCC(C(C=O)c2ccccc2O)C1. The normalized spacial score (nSPS) is 20.0. The number of hydrogen-bond donors (Lipinski definition) is 1. The van der Waals surface area contributed by atoms with E-state index in [0.717, 1.165) is 19.1 Å². The van der Waals surface area contributed by atoms with Crippen LogP contribution < -0.4 is 0 Å². The van der Waals surface area contributed by atoms with Gasteiger partial charge in [-0.25, -0.2) is 4.79 Å². The molecule has 1 heterocycles. The van der Waals surface area contributed by atoms with Crippen molar-refractivity contribution >= 4 is 12.4 Å². The molecule has 2 atom stereocenters.